The summed E-state index contributed by atoms with van der Waals surface area (Å²) in [5.74, 6) is 1.53. The minimum absolute atomic E-state index is 0.564. The van der Waals surface area contributed by atoms with E-state index in [0.29, 0.717) is 5.92 Å². The minimum Gasteiger partial charge on any atom is -0.495 e. The number of ether oxygens (including phenoxy) is 1. The molecule has 0 saturated heterocycles. The van der Waals surface area contributed by atoms with Crippen molar-refractivity contribution in [1.29, 1.82) is 0 Å². The molecule has 0 amide bonds. The van der Waals surface area contributed by atoms with Crippen molar-refractivity contribution in [3.8, 4) is 5.75 Å². The Morgan fingerprint density at radius 1 is 1.53 bits per heavy atom. The summed E-state index contributed by atoms with van der Waals surface area (Å²) in [6.07, 6.45) is 1.06. The van der Waals surface area contributed by atoms with Crippen LogP contribution in [-0.4, -0.2) is 27.2 Å². The Balaban J connectivity index is 2.40. The Hall–Kier alpha value is -1.22. The molecule has 1 aromatic carbocycles. The molecule has 1 atom stereocenters. The maximum Gasteiger partial charge on any atom is 0.142 e. The van der Waals surface area contributed by atoms with Gasteiger partial charge in [0.05, 0.1) is 12.8 Å². The van der Waals surface area contributed by atoms with Gasteiger partial charge in [-0.2, -0.15) is 0 Å². The predicted molar refractivity (Wildman–Crippen MR) is 62.5 cm³/mol. The molecule has 3 nitrogen and oxygen atoms in total. The second kappa shape index (κ2) is 4.11. The molecule has 15 heavy (non-hydrogen) atoms. The lowest BCUT2D eigenvalue weighted by atomic mass is 9.92. The van der Waals surface area contributed by atoms with Crippen molar-refractivity contribution in [1.82, 2.24) is 0 Å². The van der Waals surface area contributed by atoms with Crippen LogP contribution >= 0.6 is 0 Å². The first-order chi connectivity index (χ1) is 7.26. The van der Waals surface area contributed by atoms with Gasteiger partial charge in [0, 0.05) is 13.6 Å². The van der Waals surface area contributed by atoms with Crippen LogP contribution in [0.5, 0.6) is 5.75 Å². The van der Waals surface area contributed by atoms with E-state index in [2.05, 4.69) is 18.0 Å². The van der Waals surface area contributed by atoms with E-state index in [1.807, 2.05) is 12.1 Å². The third-order valence-corrected chi connectivity index (χ3v) is 3.06. The molecule has 0 aromatic heterocycles. The quantitative estimate of drug-likeness (QED) is 0.791. The Labute approximate surface area is 90.8 Å². The van der Waals surface area contributed by atoms with E-state index in [1.165, 1.54) is 11.3 Å². The summed E-state index contributed by atoms with van der Waals surface area (Å²) in [5, 5.41) is 0. The second-order valence-electron chi connectivity index (χ2n) is 4.15. The molecule has 1 unspecified atom stereocenters. The molecule has 0 saturated carbocycles. The molecule has 82 valence electrons. The molecule has 3 heteroatoms. The number of fused-ring (bicyclic) bond motifs is 1. The average Bonchev–Trinajstić information content (AvgIpc) is 2.27. The van der Waals surface area contributed by atoms with Gasteiger partial charge in [-0.25, -0.2) is 0 Å². The highest BCUT2D eigenvalue weighted by molar-refractivity contribution is 5.65. The average molecular weight is 206 g/mol. The number of methoxy groups -OCH3 is 1. The first kappa shape index (κ1) is 10.3. The molecule has 0 bridgehead atoms. The Morgan fingerprint density at radius 3 is 3.00 bits per heavy atom. The Kier molecular flexibility index (Phi) is 2.82. The molecular weight excluding hydrogens is 188 g/mol. The molecule has 0 fully saturated rings. The van der Waals surface area contributed by atoms with Crippen LogP contribution in [-0.2, 0) is 6.42 Å². The van der Waals surface area contributed by atoms with Gasteiger partial charge in [-0.15, -0.1) is 0 Å². The summed E-state index contributed by atoms with van der Waals surface area (Å²) in [6, 6.07) is 6.22. The summed E-state index contributed by atoms with van der Waals surface area (Å²) in [5.41, 5.74) is 8.31. The van der Waals surface area contributed by atoms with Crippen LogP contribution in [0.2, 0.25) is 0 Å². The van der Waals surface area contributed by atoms with Crippen molar-refractivity contribution in [2.75, 3.05) is 32.1 Å². The van der Waals surface area contributed by atoms with Crippen LogP contribution in [0, 0.1) is 5.92 Å². The van der Waals surface area contributed by atoms with Crippen molar-refractivity contribution in [3.63, 3.8) is 0 Å². The van der Waals surface area contributed by atoms with E-state index >= 15 is 0 Å². The second-order valence-corrected chi connectivity index (χ2v) is 4.15. The zero-order chi connectivity index (χ0) is 10.8. The van der Waals surface area contributed by atoms with Crippen LogP contribution in [0.15, 0.2) is 18.2 Å². The number of benzene rings is 1. The van der Waals surface area contributed by atoms with Crippen LogP contribution in [0.4, 0.5) is 5.69 Å². The number of rotatable bonds is 2. The lowest BCUT2D eigenvalue weighted by molar-refractivity contribution is 0.409. The fourth-order valence-corrected chi connectivity index (χ4v) is 2.34. The van der Waals surface area contributed by atoms with Crippen LogP contribution < -0.4 is 15.4 Å². The molecule has 0 spiro atoms. The van der Waals surface area contributed by atoms with E-state index in [4.69, 9.17) is 10.5 Å². The topological polar surface area (TPSA) is 38.5 Å². The fourth-order valence-electron chi connectivity index (χ4n) is 2.34. The van der Waals surface area contributed by atoms with Crippen LogP contribution in [0.3, 0.4) is 0 Å². The summed E-state index contributed by atoms with van der Waals surface area (Å²) in [7, 11) is 3.82. The van der Waals surface area contributed by atoms with Crippen molar-refractivity contribution < 1.29 is 4.74 Å². The third-order valence-electron chi connectivity index (χ3n) is 3.06. The summed E-state index contributed by atoms with van der Waals surface area (Å²) in [4.78, 5) is 2.25. The van der Waals surface area contributed by atoms with Gasteiger partial charge >= 0.3 is 0 Å². The Morgan fingerprint density at radius 2 is 2.33 bits per heavy atom. The van der Waals surface area contributed by atoms with Crippen molar-refractivity contribution in [3.05, 3.63) is 23.8 Å². The van der Waals surface area contributed by atoms with Crippen molar-refractivity contribution in [2.24, 2.45) is 11.7 Å². The Bertz CT molecular complexity index is 351. The van der Waals surface area contributed by atoms with Crippen molar-refractivity contribution in [2.45, 2.75) is 6.42 Å². The van der Waals surface area contributed by atoms with Gasteiger partial charge in [-0.1, -0.05) is 12.1 Å². The SMILES string of the molecule is COc1cccc2c1N(C)CC(CN)C2. The predicted octanol–water partition coefficient (Wildman–Crippen LogP) is 1.26. The van der Waals surface area contributed by atoms with Gasteiger partial charge < -0.3 is 15.4 Å². The zero-order valence-electron chi connectivity index (χ0n) is 9.36. The highest BCUT2D eigenvalue weighted by Crippen LogP contribution is 2.36. The van der Waals surface area contributed by atoms with E-state index in [0.717, 1.165) is 25.3 Å². The summed E-state index contributed by atoms with van der Waals surface area (Å²) >= 11 is 0. The molecule has 1 heterocycles. The maximum atomic E-state index is 5.74. The zero-order valence-corrected chi connectivity index (χ0v) is 9.36. The molecule has 0 aliphatic carbocycles. The normalized spacial score (nSPS) is 19.9. The molecule has 2 rings (SSSR count). The molecule has 0 radical (unpaired) electrons. The van der Waals surface area contributed by atoms with Crippen LogP contribution in [0.1, 0.15) is 5.56 Å². The monoisotopic (exact) mass is 206 g/mol. The molecular formula is C12H18N2O. The highest BCUT2D eigenvalue weighted by Gasteiger charge is 2.23. The van der Waals surface area contributed by atoms with E-state index in [1.54, 1.807) is 7.11 Å². The first-order valence-corrected chi connectivity index (χ1v) is 5.33. The van der Waals surface area contributed by atoms with Gasteiger partial charge in [0.2, 0.25) is 0 Å². The van der Waals surface area contributed by atoms with Gasteiger partial charge in [0.25, 0.3) is 0 Å². The molecule has 1 aromatic rings. The lowest BCUT2D eigenvalue weighted by Crippen LogP contribution is -2.36. The van der Waals surface area contributed by atoms with E-state index in [9.17, 15) is 0 Å². The van der Waals surface area contributed by atoms with E-state index < -0.39 is 0 Å². The number of anilines is 1. The third kappa shape index (κ3) is 1.79. The van der Waals surface area contributed by atoms with E-state index in [-0.39, 0.29) is 0 Å². The van der Waals surface area contributed by atoms with Gasteiger partial charge in [-0.3, -0.25) is 0 Å². The fraction of sp³-hybridized carbons (Fsp3) is 0.500. The summed E-state index contributed by atoms with van der Waals surface area (Å²) in [6.45, 7) is 1.77. The largest absolute Gasteiger partial charge is 0.495 e. The maximum absolute atomic E-state index is 5.74. The molecule has 1 aliphatic rings. The smallest absolute Gasteiger partial charge is 0.142 e. The number of hydrogen-bond acceptors (Lipinski definition) is 3. The minimum atomic E-state index is 0.564. The van der Waals surface area contributed by atoms with Gasteiger partial charge in [-0.05, 0) is 30.5 Å². The summed E-state index contributed by atoms with van der Waals surface area (Å²) < 4.78 is 5.38. The van der Waals surface area contributed by atoms with Gasteiger partial charge in [0.15, 0.2) is 0 Å². The standard InChI is InChI=1S/C12H18N2O/c1-14-8-9(7-13)6-10-4-3-5-11(15-2)12(10)14/h3-5,9H,6-8,13H2,1-2H3. The molecule has 1 aliphatic heterocycles. The number of hydrogen-bond donors (Lipinski definition) is 1. The lowest BCUT2D eigenvalue weighted by Gasteiger charge is -2.33. The number of nitrogens with zero attached hydrogens (tertiary/aromatic N) is 1. The number of para-hydroxylation sites is 1. The molecule has 2 N–H and O–H groups in total. The van der Waals surface area contributed by atoms with Crippen molar-refractivity contribution >= 4 is 5.69 Å². The van der Waals surface area contributed by atoms with Crippen LogP contribution in [0.25, 0.3) is 0 Å². The first-order valence-electron chi connectivity index (χ1n) is 5.33. The highest BCUT2D eigenvalue weighted by atomic mass is 16.5. The number of nitrogens with two attached hydrogens (primary N) is 1. The van der Waals surface area contributed by atoms with Gasteiger partial charge in [0.1, 0.15) is 5.75 Å².